The molecule has 0 spiro atoms. The second kappa shape index (κ2) is 5.81. The zero-order valence-corrected chi connectivity index (χ0v) is 12.3. The first-order valence-corrected chi connectivity index (χ1v) is 7.23. The predicted octanol–water partition coefficient (Wildman–Crippen LogP) is 2.71. The van der Waals surface area contributed by atoms with Crippen molar-refractivity contribution in [1.29, 1.82) is 0 Å². The van der Waals surface area contributed by atoms with Gasteiger partial charge >= 0.3 is 0 Å². The molecule has 2 N–H and O–H groups in total. The van der Waals surface area contributed by atoms with Crippen LogP contribution < -0.4 is 5.73 Å². The molecule has 0 aliphatic heterocycles. The van der Waals surface area contributed by atoms with E-state index >= 15 is 0 Å². The van der Waals surface area contributed by atoms with E-state index in [0.29, 0.717) is 24.9 Å². The van der Waals surface area contributed by atoms with Crippen molar-refractivity contribution in [2.24, 2.45) is 5.73 Å². The Kier molecular flexibility index (Phi) is 4.34. The zero-order valence-electron chi connectivity index (χ0n) is 11.5. The summed E-state index contributed by atoms with van der Waals surface area (Å²) in [6, 6.07) is 0. The maximum atomic E-state index is 6.18. The molecule has 2 aromatic rings. The number of nitrogens with two attached hydrogens (primary N) is 1. The van der Waals surface area contributed by atoms with Crippen LogP contribution in [-0.4, -0.2) is 23.4 Å². The molecule has 1 unspecified atom stereocenters. The molecule has 0 saturated heterocycles. The van der Waals surface area contributed by atoms with Gasteiger partial charge in [-0.25, -0.2) is 0 Å². The molecule has 2 aromatic heterocycles. The van der Waals surface area contributed by atoms with Gasteiger partial charge in [-0.15, -0.1) is 0 Å². The monoisotopic (exact) mass is 281 g/mol. The number of hydrogen-bond acceptors (Lipinski definition) is 6. The molecule has 0 radical (unpaired) electrons. The number of hydrogen-bond donors (Lipinski definition) is 1. The molecule has 0 bridgehead atoms. The van der Waals surface area contributed by atoms with E-state index in [2.05, 4.69) is 17.1 Å². The molecule has 1 atom stereocenters. The first-order chi connectivity index (χ1) is 9.04. The van der Waals surface area contributed by atoms with E-state index in [1.54, 1.807) is 11.3 Å². The van der Waals surface area contributed by atoms with Crippen molar-refractivity contribution < 1.29 is 9.26 Å². The first-order valence-electron chi connectivity index (χ1n) is 6.28. The second-order valence-corrected chi connectivity index (χ2v) is 5.61. The van der Waals surface area contributed by atoms with E-state index in [1.165, 1.54) is 0 Å². The van der Waals surface area contributed by atoms with E-state index in [-0.39, 0.29) is 0 Å². The summed E-state index contributed by atoms with van der Waals surface area (Å²) in [6.45, 7) is 6.97. The Balaban J connectivity index is 2.14. The molecule has 6 heteroatoms. The summed E-state index contributed by atoms with van der Waals surface area (Å²) >= 11 is 1.61. The Morgan fingerprint density at radius 3 is 2.89 bits per heavy atom. The minimum Gasteiger partial charge on any atom is -0.379 e. The van der Waals surface area contributed by atoms with Gasteiger partial charge in [-0.3, -0.25) is 0 Å². The van der Waals surface area contributed by atoms with E-state index < -0.39 is 5.54 Å². The quantitative estimate of drug-likeness (QED) is 0.824. The SMILES string of the molecule is CCCOCC(C)(N)c1noc(-c2cscc2C)n1. The normalized spacial score (nSPS) is 14.5. The first kappa shape index (κ1) is 14.2. The van der Waals surface area contributed by atoms with Gasteiger partial charge in [0, 0.05) is 12.0 Å². The van der Waals surface area contributed by atoms with Crippen molar-refractivity contribution in [2.45, 2.75) is 32.7 Å². The molecule has 5 nitrogen and oxygen atoms in total. The molecule has 0 aliphatic rings. The fourth-order valence-electron chi connectivity index (χ4n) is 1.64. The third-order valence-corrected chi connectivity index (χ3v) is 3.63. The van der Waals surface area contributed by atoms with Crippen molar-refractivity contribution in [2.75, 3.05) is 13.2 Å². The molecule has 2 rings (SSSR count). The molecule has 0 aromatic carbocycles. The van der Waals surface area contributed by atoms with Crippen LogP contribution in [0.1, 0.15) is 31.7 Å². The highest BCUT2D eigenvalue weighted by molar-refractivity contribution is 7.08. The third kappa shape index (κ3) is 3.20. The molecule has 0 amide bonds. The molecular weight excluding hydrogens is 262 g/mol. The lowest BCUT2D eigenvalue weighted by molar-refractivity contribution is 0.0867. The average Bonchev–Trinajstić information content (AvgIpc) is 2.97. The van der Waals surface area contributed by atoms with Gasteiger partial charge in [0.1, 0.15) is 5.54 Å². The highest BCUT2D eigenvalue weighted by Gasteiger charge is 2.28. The number of aryl methyl sites for hydroxylation is 1. The number of aromatic nitrogens is 2. The van der Waals surface area contributed by atoms with Crippen LogP contribution in [0.25, 0.3) is 11.5 Å². The van der Waals surface area contributed by atoms with E-state index in [0.717, 1.165) is 17.5 Å². The molecular formula is C13H19N3O2S. The largest absolute Gasteiger partial charge is 0.379 e. The third-order valence-electron chi connectivity index (χ3n) is 2.77. The summed E-state index contributed by atoms with van der Waals surface area (Å²) in [7, 11) is 0. The predicted molar refractivity (Wildman–Crippen MR) is 75.0 cm³/mol. The Morgan fingerprint density at radius 1 is 1.47 bits per heavy atom. The lowest BCUT2D eigenvalue weighted by Gasteiger charge is -2.19. The minimum atomic E-state index is -0.735. The van der Waals surface area contributed by atoms with Crippen LogP contribution in [0.3, 0.4) is 0 Å². The highest BCUT2D eigenvalue weighted by atomic mass is 32.1. The minimum absolute atomic E-state index is 0.377. The molecule has 19 heavy (non-hydrogen) atoms. The van der Waals surface area contributed by atoms with Crippen LogP contribution in [0.5, 0.6) is 0 Å². The smallest absolute Gasteiger partial charge is 0.259 e. The lowest BCUT2D eigenvalue weighted by atomic mass is 10.1. The van der Waals surface area contributed by atoms with Gasteiger partial charge in [0.15, 0.2) is 5.82 Å². The lowest BCUT2D eigenvalue weighted by Crippen LogP contribution is -2.39. The molecule has 0 aliphatic carbocycles. The Morgan fingerprint density at radius 2 is 2.26 bits per heavy atom. The van der Waals surface area contributed by atoms with Crippen molar-refractivity contribution >= 4 is 11.3 Å². The van der Waals surface area contributed by atoms with Gasteiger partial charge in [-0.1, -0.05) is 12.1 Å². The van der Waals surface area contributed by atoms with Crippen molar-refractivity contribution in [3.8, 4) is 11.5 Å². The average molecular weight is 281 g/mol. The topological polar surface area (TPSA) is 74.2 Å². The summed E-state index contributed by atoms with van der Waals surface area (Å²) < 4.78 is 10.8. The van der Waals surface area contributed by atoms with Crippen LogP contribution >= 0.6 is 11.3 Å². The maximum Gasteiger partial charge on any atom is 0.259 e. The van der Waals surface area contributed by atoms with Crippen molar-refractivity contribution in [3.05, 3.63) is 22.1 Å². The zero-order chi connectivity index (χ0) is 13.9. The molecule has 104 valence electrons. The van der Waals surface area contributed by atoms with Gasteiger partial charge in [-0.05, 0) is 31.2 Å². The van der Waals surface area contributed by atoms with Gasteiger partial charge in [0.05, 0.1) is 12.2 Å². The van der Waals surface area contributed by atoms with Crippen LogP contribution in [0.4, 0.5) is 0 Å². The highest BCUT2D eigenvalue weighted by Crippen LogP contribution is 2.26. The van der Waals surface area contributed by atoms with Gasteiger partial charge in [0.2, 0.25) is 0 Å². The van der Waals surface area contributed by atoms with Crippen LogP contribution in [0, 0.1) is 6.92 Å². The summed E-state index contributed by atoms with van der Waals surface area (Å²) in [5.74, 6) is 0.991. The van der Waals surface area contributed by atoms with E-state index in [9.17, 15) is 0 Å². The van der Waals surface area contributed by atoms with Crippen molar-refractivity contribution in [1.82, 2.24) is 10.1 Å². The van der Waals surface area contributed by atoms with Gasteiger partial charge in [-0.2, -0.15) is 16.3 Å². The van der Waals surface area contributed by atoms with Crippen LogP contribution in [0.15, 0.2) is 15.3 Å². The summed E-state index contributed by atoms with van der Waals surface area (Å²) in [6.07, 6.45) is 0.960. The van der Waals surface area contributed by atoms with Gasteiger partial charge < -0.3 is 15.0 Å². The Bertz CT molecular complexity index is 533. The van der Waals surface area contributed by atoms with Crippen LogP contribution in [0.2, 0.25) is 0 Å². The van der Waals surface area contributed by atoms with Crippen molar-refractivity contribution in [3.63, 3.8) is 0 Å². The summed E-state index contributed by atoms with van der Waals surface area (Å²) in [5.41, 5.74) is 7.53. The van der Waals surface area contributed by atoms with Crippen LogP contribution in [-0.2, 0) is 10.3 Å². The fraction of sp³-hybridized carbons (Fsp3) is 0.538. The Hall–Kier alpha value is -1.24. The second-order valence-electron chi connectivity index (χ2n) is 4.86. The number of nitrogens with zero attached hydrogens (tertiary/aromatic N) is 2. The van der Waals surface area contributed by atoms with E-state index in [4.69, 9.17) is 15.0 Å². The van der Waals surface area contributed by atoms with Gasteiger partial charge in [0.25, 0.3) is 5.89 Å². The number of rotatable bonds is 6. The summed E-state index contributed by atoms with van der Waals surface area (Å²) in [4.78, 5) is 4.39. The Labute approximate surface area is 116 Å². The fourth-order valence-corrected chi connectivity index (χ4v) is 2.46. The molecule has 0 fully saturated rings. The van der Waals surface area contributed by atoms with E-state index in [1.807, 2.05) is 24.6 Å². The standard InChI is InChI=1S/C13H19N3O2S/c1-4-5-17-8-13(3,14)12-15-11(18-16-12)10-7-19-6-9(10)2/h6-7H,4-5,8,14H2,1-3H3. The molecule has 2 heterocycles. The maximum absolute atomic E-state index is 6.18. The number of thiophene rings is 1. The molecule has 0 saturated carbocycles. The number of ether oxygens (including phenoxy) is 1. The summed E-state index contributed by atoms with van der Waals surface area (Å²) in [5, 5.41) is 8.02.